The molecule has 1 fully saturated rings. The van der Waals surface area contributed by atoms with E-state index in [1.165, 1.54) is 17.4 Å². The molecule has 0 aliphatic heterocycles. The highest BCUT2D eigenvalue weighted by Crippen LogP contribution is 2.29. The minimum absolute atomic E-state index is 0.0638. The highest BCUT2D eigenvalue weighted by Gasteiger charge is 2.29. The van der Waals surface area contributed by atoms with E-state index in [2.05, 4.69) is 5.32 Å². The Morgan fingerprint density at radius 2 is 1.70 bits per heavy atom. The zero-order chi connectivity index (χ0) is 24.0. The van der Waals surface area contributed by atoms with E-state index in [0.29, 0.717) is 31.4 Å². The Morgan fingerprint density at radius 3 is 2.33 bits per heavy atom. The van der Waals surface area contributed by atoms with Gasteiger partial charge in [0.25, 0.3) is 5.91 Å². The second-order valence-corrected chi connectivity index (χ2v) is 9.76. The molecule has 2 amide bonds. The van der Waals surface area contributed by atoms with Gasteiger partial charge in [0, 0.05) is 33.2 Å². The van der Waals surface area contributed by atoms with Crippen molar-refractivity contribution in [3.63, 3.8) is 0 Å². The van der Waals surface area contributed by atoms with Crippen molar-refractivity contribution in [3.05, 3.63) is 62.1 Å². The molecule has 0 spiro atoms. The van der Waals surface area contributed by atoms with Gasteiger partial charge in [-0.25, -0.2) is 0 Å². The number of rotatable bonds is 8. The predicted molar refractivity (Wildman–Crippen MR) is 133 cm³/mol. The molecule has 0 aromatic heterocycles. The second kappa shape index (κ2) is 12.2. The van der Waals surface area contributed by atoms with Crippen LogP contribution in [0.4, 0.5) is 0 Å². The van der Waals surface area contributed by atoms with Gasteiger partial charge in [-0.05, 0) is 50.1 Å². The van der Waals surface area contributed by atoms with Crippen molar-refractivity contribution in [1.82, 2.24) is 10.2 Å². The Hall–Kier alpha value is -1.66. The third-order valence-corrected chi connectivity index (χ3v) is 6.99. The first kappa shape index (κ1) is 26.0. The fourth-order valence-corrected chi connectivity index (χ4v) is 4.80. The molecule has 2 aromatic rings. The molecule has 0 heterocycles. The Bertz CT molecular complexity index is 975. The highest BCUT2D eigenvalue weighted by atomic mass is 35.5. The van der Waals surface area contributed by atoms with Crippen LogP contribution in [-0.2, 0) is 16.1 Å². The third-order valence-electron chi connectivity index (χ3n) is 5.75. The van der Waals surface area contributed by atoms with Crippen LogP contribution in [0.1, 0.15) is 44.6 Å². The molecule has 0 saturated heterocycles. The number of nitrogens with one attached hydrogen (secondary N) is 1. The van der Waals surface area contributed by atoms with Crippen LogP contribution in [0, 0.1) is 0 Å². The summed E-state index contributed by atoms with van der Waals surface area (Å²) in [5.74, 6) is -0.296. The smallest absolute Gasteiger partial charge is 0.261 e. The summed E-state index contributed by atoms with van der Waals surface area (Å²) in [6.07, 6.45) is 5.25. The van der Waals surface area contributed by atoms with Gasteiger partial charge >= 0.3 is 0 Å². The number of hydrogen-bond acceptors (Lipinski definition) is 3. The summed E-state index contributed by atoms with van der Waals surface area (Å²) in [5.41, 5.74) is 0.566. The van der Waals surface area contributed by atoms with Gasteiger partial charge in [0.15, 0.2) is 6.61 Å². The van der Waals surface area contributed by atoms with E-state index >= 15 is 0 Å². The van der Waals surface area contributed by atoms with Crippen LogP contribution >= 0.6 is 46.4 Å². The quantitative estimate of drug-likeness (QED) is 0.420. The molecule has 33 heavy (non-hydrogen) atoms. The standard InChI is InChI=1S/C24H26Cl4N2O3/c1-15(24(32)29-17-6-3-2-4-7-17)30(13-18-19(26)8-5-9-20(18)27)23(31)14-33-22-11-10-16(25)12-21(22)28/h5,8-12,15,17H,2-4,6-7,13-14H2,1H3,(H,29,32)/t15-/m0/s1. The average molecular weight is 532 g/mol. The van der Waals surface area contributed by atoms with Crippen LogP contribution in [0.3, 0.4) is 0 Å². The average Bonchev–Trinajstić information content (AvgIpc) is 2.78. The minimum atomic E-state index is -0.754. The fraction of sp³-hybridized carbons (Fsp3) is 0.417. The monoisotopic (exact) mass is 530 g/mol. The molecule has 0 unspecified atom stereocenters. The van der Waals surface area contributed by atoms with Gasteiger partial charge in [0.2, 0.25) is 5.91 Å². The Morgan fingerprint density at radius 1 is 1.03 bits per heavy atom. The maximum absolute atomic E-state index is 13.2. The molecule has 3 rings (SSSR count). The molecule has 1 aliphatic carbocycles. The van der Waals surface area contributed by atoms with Crippen molar-refractivity contribution in [1.29, 1.82) is 0 Å². The van der Waals surface area contributed by atoms with Gasteiger partial charge in [0.05, 0.1) is 5.02 Å². The first-order valence-electron chi connectivity index (χ1n) is 10.9. The van der Waals surface area contributed by atoms with Crippen molar-refractivity contribution in [2.45, 2.75) is 57.7 Å². The SMILES string of the molecule is C[C@@H](C(=O)NC1CCCCC1)N(Cc1c(Cl)cccc1Cl)C(=O)COc1ccc(Cl)cc1Cl. The number of hydrogen-bond donors (Lipinski definition) is 1. The van der Waals surface area contributed by atoms with E-state index < -0.39 is 11.9 Å². The molecular formula is C24H26Cl4N2O3. The molecule has 178 valence electrons. The number of amides is 2. The highest BCUT2D eigenvalue weighted by molar-refractivity contribution is 6.36. The minimum Gasteiger partial charge on any atom is -0.482 e. The van der Waals surface area contributed by atoms with Crippen molar-refractivity contribution < 1.29 is 14.3 Å². The molecule has 1 saturated carbocycles. The summed E-state index contributed by atoms with van der Waals surface area (Å²) in [6.45, 7) is 1.44. The maximum Gasteiger partial charge on any atom is 0.261 e. The van der Waals surface area contributed by atoms with Crippen LogP contribution < -0.4 is 10.1 Å². The Labute approximate surface area is 214 Å². The van der Waals surface area contributed by atoms with Gasteiger partial charge in [-0.1, -0.05) is 71.7 Å². The molecule has 5 nitrogen and oxygen atoms in total. The number of ether oxygens (including phenoxy) is 1. The molecule has 0 radical (unpaired) electrons. The van der Waals surface area contributed by atoms with Crippen molar-refractivity contribution in [3.8, 4) is 5.75 Å². The zero-order valence-electron chi connectivity index (χ0n) is 18.3. The Kier molecular flexibility index (Phi) is 9.57. The topological polar surface area (TPSA) is 58.6 Å². The zero-order valence-corrected chi connectivity index (χ0v) is 21.3. The molecular weight excluding hydrogens is 506 g/mol. The summed E-state index contributed by atoms with van der Waals surface area (Å²) in [5, 5.41) is 4.67. The van der Waals surface area contributed by atoms with E-state index in [9.17, 15) is 9.59 Å². The Balaban J connectivity index is 1.77. The van der Waals surface area contributed by atoms with Crippen LogP contribution in [0.2, 0.25) is 20.1 Å². The van der Waals surface area contributed by atoms with Crippen molar-refractivity contribution in [2.75, 3.05) is 6.61 Å². The van der Waals surface area contributed by atoms with E-state index in [1.54, 1.807) is 37.3 Å². The molecule has 2 aromatic carbocycles. The molecule has 1 atom stereocenters. The van der Waals surface area contributed by atoms with E-state index in [1.807, 2.05) is 0 Å². The normalized spacial score (nSPS) is 15.1. The summed E-state index contributed by atoms with van der Waals surface area (Å²) < 4.78 is 5.63. The predicted octanol–water partition coefficient (Wildman–Crippen LogP) is 6.55. The number of nitrogens with zero attached hydrogens (tertiary/aromatic N) is 1. The fourth-order valence-electron chi connectivity index (χ4n) is 3.82. The van der Waals surface area contributed by atoms with E-state index in [4.69, 9.17) is 51.1 Å². The summed E-state index contributed by atoms with van der Waals surface area (Å²) >= 11 is 24.8. The molecule has 1 aliphatic rings. The molecule has 1 N–H and O–H groups in total. The van der Waals surface area contributed by atoms with Gasteiger partial charge in [-0.3, -0.25) is 9.59 Å². The van der Waals surface area contributed by atoms with Crippen LogP contribution in [0.15, 0.2) is 36.4 Å². The van der Waals surface area contributed by atoms with E-state index in [0.717, 1.165) is 25.7 Å². The van der Waals surface area contributed by atoms with Gasteiger partial charge in [-0.15, -0.1) is 0 Å². The second-order valence-electron chi connectivity index (χ2n) is 8.10. The first-order chi connectivity index (χ1) is 15.8. The number of halogens is 4. The lowest BCUT2D eigenvalue weighted by molar-refractivity contribution is -0.142. The van der Waals surface area contributed by atoms with Crippen LogP contribution in [0.5, 0.6) is 5.75 Å². The van der Waals surface area contributed by atoms with Crippen LogP contribution in [-0.4, -0.2) is 35.4 Å². The first-order valence-corrected chi connectivity index (χ1v) is 12.4. The summed E-state index contributed by atoms with van der Waals surface area (Å²) in [7, 11) is 0. The lowest BCUT2D eigenvalue weighted by atomic mass is 9.95. The van der Waals surface area contributed by atoms with E-state index in [-0.39, 0.29) is 25.1 Å². The maximum atomic E-state index is 13.2. The van der Waals surface area contributed by atoms with Crippen molar-refractivity contribution in [2.24, 2.45) is 0 Å². The number of benzene rings is 2. The summed E-state index contributed by atoms with van der Waals surface area (Å²) in [4.78, 5) is 27.7. The number of carbonyl (C=O) groups is 2. The van der Waals surface area contributed by atoms with Gasteiger partial charge in [0.1, 0.15) is 11.8 Å². The lowest BCUT2D eigenvalue weighted by Crippen LogP contribution is -2.51. The van der Waals surface area contributed by atoms with Gasteiger partial charge in [-0.2, -0.15) is 0 Å². The van der Waals surface area contributed by atoms with Crippen molar-refractivity contribution >= 4 is 58.2 Å². The van der Waals surface area contributed by atoms with Gasteiger partial charge < -0.3 is 15.0 Å². The third kappa shape index (κ3) is 7.16. The number of carbonyl (C=O) groups excluding carboxylic acids is 2. The lowest BCUT2D eigenvalue weighted by Gasteiger charge is -2.31. The molecule has 0 bridgehead atoms. The largest absolute Gasteiger partial charge is 0.482 e. The summed E-state index contributed by atoms with van der Waals surface area (Å²) in [6, 6.07) is 9.23. The van der Waals surface area contributed by atoms with Crippen LogP contribution in [0.25, 0.3) is 0 Å². The molecule has 9 heteroatoms.